The highest BCUT2D eigenvalue weighted by Gasteiger charge is 2.25. The molecule has 1 saturated heterocycles. The van der Waals surface area contributed by atoms with Crippen molar-refractivity contribution in [3.8, 4) is 0 Å². The van der Waals surface area contributed by atoms with E-state index < -0.39 is 5.97 Å². The number of hydrogen-bond donors (Lipinski definition) is 2. The van der Waals surface area contributed by atoms with Crippen LogP contribution in [0.5, 0.6) is 0 Å². The summed E-state index contributed by atoms with van der Waals surface area (Å²) in [5.74, 6) is -0.930. The standard InChI is InChI=1S/C11H19N3O4/c1-2-13-6-7-14(8-9(13)15)11(18)12-5-3-4-10(16)17/h2-8H2,1H3,(H,12,18)(H,16,17). The first-order valence-corrected chi connectivity index (χ1v) is 6.07. The van der Waals surface area contributed by atoms with E-state index in [2.05, 4.69) is 5.32 Å². The molecule has 1 aliphatic heterocycles. The third kappa shape index (κ3) is 4.23. The first-order valence-electron chi connectivity index (χ1n) is 6.07. The fraction of sp³-hybridized carbons (Fsp3) is 0.727. The van der Waals surface area contributed by atoms with Gasteiger partial charge in [-0.3, -0.25) is 9.59 Å². The van der Waals surface area contributed by atoms with Crippen molar-refractivity contribution < 1.29 is 19.5 Å². The van der Waals surface area contributed by atoms with Gasteiger partial charge in [0.05, 0.1) is 0 Å². The number of likely N-dealkylation sites (N-methyl/N-ethyl adjacent to an activating group) is 1. The molecule has 7 heteroatoms. The molecule has 1 rings (SSSR count). The molecule has 0 saturated carbocycles. The lowest BCUT2D eigenvalue weighted by atomic mass is 10.3. The number of aliphatic carboxylic acids is 1. The molecule has 0 aromatic carbocycles. The van der Waals surface area contributed by atoms with Crippen LogP contribution in [0, 0.1) is 0 Å². The zero-order chi connectivity index (χ0) is 13.5. The molecule has 7 nitrogen and oxygen atoms in total. The second-order valence-corrected chi connectivity index (χ2v) is 4.12. The molecular weight excluding hydrogens is 238 g/mol. The first kappa shape index (κ1) is 14.3. The van der Waals surface area contributed by atoms with Gasteiger partial charge in [0.25, 0.3) is 0 Å². The highest BCUT2D eigenvalue weighted by atomic mass is 16.4. The van der Waals surface area contributed by atoms with Crippen molar-refractivity contribution >= 4 is 17.9 Å². The summed E-state index contributed by atoms with van der Waals surface area (Å²) in [6, 6.07) is -0.301. The molecule has 18 heavy (non-hydrogen) atoms. The van der Waals surface area contributed by atoms with E-state index in [1.165, 1.54) is 4.90 Å². The molecule has 0 aromatic rings. The van der Waals surface area contributed by atoms with Gasteiger partial charge in [0.2, 0.25) is 5.91 Å². The number of carbonyl (C=O) groups is 3. The van der Waals surface area contributed by atoms with Crippen LogP contribution in [-0.2, 0) is 9.59 Å². The second-order valence-electron chi connectivity index (χ2n) is 4.12. The normalized spacial score (nSPS) is 15.7. The van der Waals surface area contributed by atoms with Crippen LogP contribution in [0.25, 0.3) is 0 Å². The number of carbonyl (C=O) groups excluding carboxylic acids is 2. The van der Waals surface area contributed by atoms with Crippen molar-refractivity contribution in [3.05, 3.63) is 0 Å². The lowest BCUT2D eigenvalue weighted by Gasteiger charge is -2.33. The molecule has 0 atom stereocenters. The van der Waals surface area contributed by atoms with E-state index in [1.54, 1.807) is 4.90 Å². The minimum absolute atomic E-state index is 0.0306. The molecule has 0 aromatic heterocycles. The van der Waals surface area contributed by atoms with Crippen molar-refractivity contribution in [2.75, 3.05) is 32.7 Å². The monoisotopic (exact) mass is 257 g/mol. The number of nitrogens with one attached hydrogen (secondary N) is 1. The van der Waals surface area contributed by atoms with Gasteiger partial charge >= 0.3 is 12.0 Å². The van der Waals surface area contributed by atoms with Crippen LogP contribution in [0.4, 0.5) is 4.79 Å². The summed E-state index contributed by atoms with van der Waals surface area (Å²) < 4.78 is 0. The van der Waals surface area contributed by atoms with Gasteiger partial charge in [-0.15, -0.1) is 0 Å². The van der Waals surface area contributed by atoms with Crippen LogP contribution in [0.2, 0.25) is 0 Å². The fourth-order valence-electron chi connectivity index (χ4n) is 1.76. The Balaban J connectivity index is 2.26. The van der Waals surface area contributed by atoms with Crippen molar-refractivity contribution in [2.24, 2.45) is 0 Å². The number of nitrogens with zero attached hydrogens (tertiary/aromatic N) is 2. The quantitative estimate of drug-likeness (QED) is 0.663. The highest BCUT2D eigenvalue weighted by molar-refractivity contribution is 5.85. The minimum Gasteiger partial charge on any atom is -0.481 e. The summed E-state index contributed by atoms with van der Waals surface area (Å²) in [6.07, 6.45) is 0.423. The molecule has 0 spiro atoms. The van der Waals surface area contributed by atoms with Crippen molar-refractivity contribution in [3.63, 3.8) is 0 Å². The van der Waals surface area contributed by atoms with Gasteiger partial charge in [-0.05, 0) is 13.3 Å². The Labute approximate surface area is 106 Å². The van der Waals surface area contributed by atoms with Crippen LogP contribution in [0.1, 0.15) is 19.8 Å². The molecule has 1 heterocycles. The molecule has 1 aliphatic rings. The van der Waals surface area contributed by atoms with E-state index in [1.807, 2.05) is 6.92 Å². The molecule has 0 aliphatic carbocycles. The fourth-order valence-corrected chi connectivity index (χ4v) is 1.76. The summed E-state index contributed by atoms with van der Waals surface area (Å²) in [6.45, 7) is 4.04. The van der Waals surface area contributed by atoms with Crippen LogP contribution in [-0.4, -0.2) is 65.5 Å². The number of piperazine rings is 1. The van der Waals surface area contributed by atoms with Gasteiger partial charge < -0.3 is 20.2 Å². The van der Waals surface area contributed by atoms with Crippen molar-refractivity contribution in [1.29, 1.82) is 0 Å². The molecule has 0 unspecified atom stereocenters. The zero-order valence-electron chi connectivity index (χ0n) is 10.5. The van der Waals surface area contributed by atoms with E-state index in [0.717, 1.165) is 0 Å². The number of rotatable bonds is 5. The number of carboxylic acids is 1. The number of amides is 3. The van der Waals surface area contributed by atoms with E-state index in [9.17, 15) is 14.4 Å². The smallest absolute Gasteiger partial charge is 0.317 e. The maximum atomic E-state index is 11.7. The maximum absolute atomic E-state index is 11.7. The average molecular weight is 257 g/mol. The van der Waals surface area contributed by atoms with Crippen LogP contribution >= 0.6 is 0 Å². The lowest BCUT2D eigenvalue weighted by molar-refractivity contribution is -0.137. The molecule has 102 valence electrons. The van der Waals surface area contributed by atoms with Gasteiger partial charge in [0.1, 0.15) is 6.54 Å². The van der Waals surface area contributed by atoms with Gasteiger partial charge in [-0.1, -0.05) is 0 Å². The van der Waals surface area contributed by atoms with Crippen LogP contribution in [0.3, 0.4) is 0 Å². The topological polar surface area (TPSA) is 89.9 Å². The van der Waals surface area contributed by atoms with Crippen molar-refractivity contribution in [1.82, 2.24) is 15.1 Å². The number of carboxylic acid groups (broad SMARTS) is 1. The van der Waals surface area contributed by atoms with Gasteiger partial charge in [0.15, 0.2) is 0 Å². The Morgan fingerprint density at radius 1 is 1.39 bits per heavy atom. The largest absolute Gasteiger partial charge is 0.481 e. The van der Waals surface area contributed by atoms with Gasteiger partial charge in [-0.2, -0.15) is 0 Å². The Morgan fingerprint density at radius 3 is 2.67 bits per heavy atom. The van der Waals surface area contributed by atoms with Crippen LogP contribution in [0.15, 0.2) is 0 Å². The van der Waals surface area contributed by atoms with Gasteiger partial charge in [0, 0.05) is 32.6 Å². The number of hydrogen-bond acceptors (Lipinski definition) is 3. The Kier molecular flexibility index (Phi) is 5.41. The predicted molar refractivity (Wildman–Crippen MR) is 64.1 cm³/mol. The molecule has 1 fully saturated rings. The first-order chi connectivity index (χ1) is 8.54. The summed E-state index contributed by atoms with van der Waals surface area (Å²) in [7, 11) is 0. The molecule has 3 amide bonds. The second kappa shape index (κ2) is 6.83. The Morgan fingerprint density at radius 2 is 2.11 bits per heavy atom. The Hall–Kier alpha value is -1.79. The number of urea groups is 1. The van der Waals surface area contributed by atoms with Gasteiger partial charge in [-0.25, -0.2) is 4.79 Å². The average Bonchev–Trinajstić information content (AvgIpc) is 2.34. The summed E-state index contributed by atoms with van der Waals surface area (Å²) in [5, 5.41) is 11.1. The summed E-state index contributed by atoms with van der Waals surface area (Å²) >= 11 is 0. The predicted octanol–water partition coefficient (Wildman–Crippen LogP) is -0.275. The molecular formula is C11H19N3O4. The minimum atomic E-state index is -0.879. The summed E-state index contributed by atoms with van der Waals surface area (Å²) in [5.41, 5.74) is 0. The molecule has 2 N–H and O–H groups in total. The maximum Gasteiger partial charge on any atom is 0.317 e. The zero-order valence-corrected chi connectivity index (χ0v) is 10.5. The van der Waals surface area contributed by atoms with E-state index in [0.29, 0.717) is 32.6 Å². The summed E-state index contributed by atoms with van der Waals surface area (Å²) in [4.78, 5) is 36.7. The third-order valence-corrected chi connectivity index (χ3v) is 2.83. The SMILES string of the molecule is CCN1CCN(C(=O)NCCCC(=O)O)CC1=O. The van der Waals surface area contributed by atoms with E-state index in [-0.39, 0.29) is 24.9 Å². The highest BCUT2D eigenvalue weighted by Crippen LogP contribution is 2.03. The lowest BCUT2D eigenvalue weighted by Crippen LogP contribution is -2.54. The van der Waals surface area contributed by atoms with Crippen LogP contribution < -0.4 is 5.32 Å². The molecule has 0 bridgehead atoms. The van der Waals surface area contributed by atoms with E-state index >= 15 is 0 Å². The Bertz CT molecular complexity index is 332. The van der Waals surface area contributed by atoms with E-state index in [4.69, 9.17) is 5.11 Å². The third-order valence-electron chi connectivity index (χ3n) is 2.83. The molecule has 0 radical (unpaired) electrons. The van der Waals surface area contributed by atoms with Crippen molar-refractivity contribution in [2.45, 2.75) is 19.8 Å².